The predicted octanol–water partition coefficient (Wildman–Crippen LogP) is 3.49. The molecule has 2 unspecified atom stereocenters. The number of aryl methyl sites for hydroxylation is 2. The van der Waals surface area contributed by atoms with Gasteiger partial charge in [-0.3, -0.25) is 14.3 Å². The van der Waals surface area contributed by atoms with Gasteiger partial charge in [-0.15, -0.1) is 0 Å². The van der Waals surface area contributed by atoms with Crippen molar-refractivity contribution in [2.75, 3.05) is 24.6 Å². The van der Waals surface area contributed by atoms with E-state index in [0.29, 0.717) is 6.61 Å². The second kappa shape index (κ2) is 7.31. The fourth-order valence-corrected chi connectivity index (χ4v) is 6.18. The van der Waals surface area contributed by atoms with Crippen LogP contribution in [0.2, 0.25) is 0 Å². The van der Waals surface area contributed by atoms with Crippen LogP contribution in [-0.4, -0.2) is 62.3 Å². The largest absolute Gasteiger partial charge is 0.488 e. The van der Waals surface area contributed by atoms with E-state index < -0.39 is 0 Å². The molecule has 2 bridgehead atoms. The normalized spacial score (nSPS) is 22.8. The number of likely N-dealkylation sites (tertiary alicyclic amines) is 1. The number of fused-ring (bicyclic) bond motifs is 2. The van der Waals surface area contributed by atoms with Crippen molar-refractivity contribution in [1.82, 2.24) is 24.6 Å². The Morgan fingerprint density at radius 3 is 2.69 bits per heavy atom. The van der Waals surface area contributed by atoms with Crippen molar-refractivity contribution < 1.29 is 14.1 Å². The number of nitrogens with zero attached hydrogens (tertiary/aromatic N) is 6. The van der Waals surface area contributed by atoms with Gasteiger partial charge in [0.15, 0.2) is 5.75 Å². The van der Waals surface area contributed by atoms with Crippen molar-refractivity contribution in [2.45, 2.75) is 45.3 Å². The number of pyridine rings is 1. The topological polar surface area (TPSA) is 89.5 Å². The molecule has 0 spiro atoms. The van der Waals surface area contributed by atoms with Crippen LogP contribution in [0.5, 0.6) is 5.75 Å². The van der Waals surface area contributed by atoms with Crippen LogP contribution in [0.4, 0.5) is 5.95 Å². The molecule has 178 valence electrons. The minimum absolute atomic E-state index is 0.105. The number of anilines is 1. The van der Waals surface area contributed by atoms with E-state index in [-0.39, 0.29) is 24.0 Å². The molecule has 0 N–H and O–H groups in total. The third kappa shape index (κ3) is 2.87. The number of hydrogen-bond acceptors (Lipinski definition) is 7. The summed E-state index contributed by atoms with van der Waals surface area (Å²) in [7, 11) is 0. The molecule has 1 aromatic carbocycles. The van der Waals surface area contributed by atoms with Crippen molar-refractivity contribution in [3.63, 3.8) is 0 Å². The number of carbonyl (C=O) groups excluding carboxylic acids is 1. The van der Waals surface area contributed by atoms with Gasteiger partial charge in [0, 0.05) is 31.8 Å². The number of aromatic nitrogens is 4. The minimum atomic E-state index is -0.105. The van der Waals surface area contributed by atoms with Crippen LogP contribution in [0.3, 0.4) is 0 Å². The van der Waals surface area contributed by atoms with Gasteiger partial charge in [-0.1, -0.05) is 11.2 Å². The summed E-state index contributed by atoms with van der Waals surface area (Å²) in [6.45, 7) is 7.52. The molecule has 35 heavy (non-hydrogen) atoms. The Hall–Kier alpha value is -3.88. The van der Waals surface area contributed by atoms with Crippen LogP contribution < -0.4 is 9.64 Å². The smallest absolute Gasteiger partial charge is 0.219 e. The second-order valence-electron chi connectivity index (χ2n) is 9.74. The molecule has 0 aliphatic carbocycles. The minimum Gasteiger partial charge on any atom is -0.488 e. The van der Waals surface area contributed by atoms with Gasteiger partial charge in [-0.25, -0.2) is 4.98 Å². The van der Waals surface area contributed by atoms with Gasteiger partial charge < -0.3 is 19.1 Å². The van der Waals surface area contributed by atoms with Crippen LogP contribution in [0.15, 0.2) is 41.1 Å². The Labute approximate surface area is 202 Å². The molecule has 0 radical (unpaired) electrons. The summed E-state index contributed by atoms with van der Waals surface area (Å²) in [6.07, 6.45) is 2.80. The van der Waals surface area contributed by atoms with Gasteiger partial charge in [0.2, 0.25) is 11.9 Å². The molecular formula is C26H26N6O3. The fraction of sp³-hybridized carbons (Fsp3) is 0.385. The summed E-state index contributed by atoms with van der Waals surface area (Å²) in [5, 5.41) is 4.16. The lowest BCUT2D eigenvalue weighted by atomic mass is 10.0. The number of imidazole rings is 1. The van der Waals surface area contributed by atoms with Gasteiger partial charge >= 0.3 is 0 Å². The van der Waals surface area contributed by atoms with Gasteiger partial charge in [0.1, 0.15) is 23.9 Å². The van der Waals surface area contributed by atoms with E-state index >= 15 is 0 Å². The van der Waals surface area contributed by atoms with Crippen molar-refractivity contribution >= 4 is 22.9 Å². The van der Waals surface area contributed by atoms with E-state index in [9.17, 15) is 4.79 Å². The van der Waals surface area contributed by atoms with Crippen LogP contribution in [0.25, 0.3) is 22.2 Å². The summed E-state index contributed by atoms with van der Waals surface area (Å²) in [6, 6.07) is 10.5. The summed E-state index contributed by atoms with van der Waals surface area (Å²) < 4.78 is 14.2. The van der Waals surface area contributed by atoms with Crippen molar-refractivity contribution in [1.29, 1.82) is 0 Å². The molecule has 1 amide bonds. The van der Waals surface area contributed by atoms with E-state index in [0.717, 1.165) is 70.5 Å². The molecular weight excluding hydrogens is 444 g/mol. The highest BCUT2D eigenvalue weighted by Gasteiger charge is 2.47. The summed E-state index contributed by atoms with van der Waals surface area (Å²) in [4.78, 5) is 26.3. The van der Waals surface area contributed by atoms with Gasteiger partial charge in [0.05, 0.1) is 34.6 Å². The molecule has 0 saturated carbocycles. The number of ether oxygens (including phenoxy) is 1. The zero-order valence-corrected chi connectivity index (χ0v) is 19.9. The van der Waals surface area contributed by atoms with Crippen molar-refractivity contribution in [3.8, 4) is 16.9 Å². The molecule has 2 saturated heterocycles. The van der Waals surface area contributed by atoms with Crippen LogP contribution in [-0.2, 0) is 4.79 Å². The Morgan fingerprint density at radius 2 is 2.00 bits per heavy atom. The quantitative estimate of drug-likeness (QED) is 0.453. The second-order valence-corrected chi connectivity index (χ2v) is 9.74. The number of amides is 1. The highest BCUT2D eigenvalue weighted by Crippen LogP contribution is 2.47. The first-order chi connectivity index (χ1) is 17.0. The maximum atomic E-state index is 12.1. The van der Waals surface area contributed by atoms with E-state index in [1.165, 1.54) is 0 Å². The standard InChI is InChI=1S/C26H26N6O3/c1-14-23(15(2)35-29-14)19-7-8-21-24-25(19)34-13-22(20-6-4-5-9-27-20)32(24)26(28-21)31-12-17-10-18(31)11-30(17)16(3)33/h4-9,17-18,22H,10-13H2,1-3H3/t17?,18?,22-/m1/s1. The lowest BCUT2D eigenvalue weighted by Gasteiger charge is -2.36. The molecule has 3 aliphatic rings. The summed E-state index contributed by atoms with van der Waals surface area (Å²) in [5.74, 6) is 2.64. The molecule has 6 heterocycles. The Morgan fingerprint density at radius 1 is 1.11 bits per heavy atom. The average Bonchev–Trinajstić information content (AvgIpc) is 3.64. The summed E-state index contributed by atoms with van der Waals surface area (Å²) >= 11 is 0. The molecule has 9 nitrogen and oxygen atoms in total. The van der Waals surface area contributed by atoms with E-state index in [2.05, 4.69) is 31.7 Å². The summed E-state index contributed by atoms with van der Waals surface area (Å²) in [5.41, 5.74) is 5.55. The highest BCUT2D eigenvalue weighted by molar-refractivity contribution is 5.94. The average molecular weight is 471 g/mol. The maximum Gasteiger partial charge on any atom is 0.219 e. The Bertz CT molecular complexity index is 1460. The van der Waals surface area contributed by atoms with Crippen LogP contribution in [0.1, 0.15) is 36.5 Å². The van der Waals surface area contributed by atoms with Gasteiger partial charge in [0.25, 0.3) is 0 Å². The first kappa shape index (κ1) is 20.5. The lowest BCUT2D eigenvalue weighted by Crippen LogP contribution is -2.49. The van der Waals surface area contributed by atoms with Gasteiger partial charge in [-0.05, 0) is 44.5 Å². The Balaban J connectivity index is 1.43. The molecule has 3 aromatic heterocycles. The van der Waals surface area contributed by atoms with Gasteiger partial charge in [-0.2, -0.15) is 0 Å². The van der Waals surface area contributed by atoms with Crippen LogP contribution in [0, 0.1) is 13.8 Å². The Kier molecular flexibility index (Phi) is 4.28. The first-order valence-corrected chi connectivity index (χ1v) is 12.1. The zero-order chi connectivity index (χ0) is 23.8. The first-order valence-electron chi connectivity index (χ1n) is 12.1. The molecule has 9 heteroatoms. The fourth-order valence-electron chi connectivity index (χ4n) is 6.18. The number of piperazine rings is 1. The third-order valence-corrected chi connectivity index (χ3v) is 7.72. The number of rotatable bonds is 3. The number of carbonyl (C=O) groups is 1. The number of hydrogen-bond donors (Lipinski definition) is 0. The molecule has 7 rings (SSSR count). The molecule has 2 fully saturated rings. The van der Waals surface area contributed by atoms with E-state index in [4.69, 9.17) is 14.2 Å². The van der Waals surface area contributed by atoms with Crippen LogP contribution >= 0.6 is 0 Å². The van der Waals surface area contributed by atoms with Crippen molar-refractivity contribution in [3.05, 3.63) is 53.7 Å². The van der Waals surface area contributed by atoms with Crippen molar-refractivity contribution in [2.24, 2.45) is 0 Å². The highest BCUT2D eigenvalue weighted by atomic mass is 16.5. The lowest BCUT2D eigenvalue weighted by molar-refractivity contribution is -0.129. The molecule has 3 atom stereocenters. The predicted molar refractivity (Wildman–Crippen MR) is 130 cm³/mol. The zero-order valence-electron chi connectivity index (χ0n) is 19.9. The third-order valence-electron chi connectivity index (χ3n) is 7.72. The molecule has 3 aliphatic heterocycles. The SMILES string of the molecule is CC(=O)N1CC2CC1CN2c1nc2ccc(-c3c(C)noc3C)c3c2n1[C@@H](c1ccccn1)CO3. The monoisotopic (exact) mass is 470 g/mol. The molecule has 4 aromatic rings. The number of benzene rings is 1. The maximum absolute atomic E-state index is 12.1. The van der Waals surface area contributed by atoms with E-state index in [1.807, 2.05) is 43.1 Å². The van der Waals surface area contributed by atoms with E-state index in [1.54, 1.807) is 6.92 Å².